The molecule has 1 atom stereocenters. The van der Waals surface area contributed by atoms with E-state index in [1.807, 2.05) is 7.05 Å². The maximum atomic E-state index is 10.5. The van der Waals surface area contributed by atoms with Crippen molar-refractivity contribution < 1.29 is 9.90 Å². The lowest BCUT2D eigenvalue weighted by Crippen LogP contribution is -2.14. The molecule has 3 nitrogen and oxygen atoms in total. The number of fused-ring (bicyclic) bond motifs is 1. The van der Waals surface area contributed by atoms with Gasteiger partial charge < -0.3 is 10.4 Å². The van der Waals surface area contributed by atoms with Crippen LogP contribution in [0.2, 0.25) is 0 Å². The molecule has 0 radical (unpaired) electrons. The van der Waals surface area contributed by atoms with E-state index < -0.39 is 5.97 Å². The highest BCUT2D eigenvalue weighted by Crippen LogP contribution is 2.25. The third-order valence-corrected chi connectivity index (χ3v) is 3.22. The number of hydrogen-bond donors (Lipinski definition) is 2. The topological polar surface area (TPSA) is 49.3 Å². The fourth-order valence-electron chi connectivity index (χ4n) is 2.34. The standard InChI is InChI=1S/C14H17NO2/c1-15-13(7-8-14(16)17)12-6-5-10-3-2-4-11(10)9-12/h5-9,13,15H,2-4H2,1H3,(H,16,17)/b8-7+. The molecule has 17 heavy (non-hydrogen) atoms. The lowest BCUT2D eigenvalue weighted by molar-refractivity contribution is -0.131. The molecule has 90 valence electrons. The first-order valence-electron chi connectivity index (χ1n) is 5.91. The van der Waals surface area contributed by atoms with Gasteiger partial charge in [0.2, 0.25) is 0 Å². The minimum atomic E-state index is -0.911. The molecule has 0 saturated heterocycles. The number of nitrogens with one attached hydrogen (secondary N) is 1. The van der Waals surface area contributed by atoms with Gasteiger partial charge in [0.1, 0.15) is 0 Å². The summed E-state index contributed by atoms with van der Waals surface area (Å²) in [6.45, 7) is 0. The van der Waals surface area contributed by atoms with Crippen molar-refractivity contribution in [3.8, 4) is 0 Å². The number of likely N-dealkylation sites (N-methyl/N-ethyl adjacent to an activating group) is 1. The molecule has 1 aromatic carbocycles. The summed E-state index contributed by atoms with van der Waals surface area (Å²) < 4.78 is 0. The Kier molecular flexibility index (Phi) is 3.59. The summed E-state index contributed by atoms with van der Waals surface area (Å²) in [5.74, 6) is -0.911. The molecule has 2 rings (SSSR count). The van der Waals surface area contributed by atoms with Crippen LogP contribution in [0.1, 0.15) is 29.2 Å². The Morgan fingerprint density at radius 1 is 1.41 bits per heavy atom. The summed E-state index contributed by atoms with van der Waals surface area (Å²) in [7, 11) is 1.84. The number of aryl methyl sites for hydroxylation is 2. The van der Waals surface area contributed by atoms with Crippen LogP contribution < -0.4 is 5.32 Å². The molecule has 1 aliphatic carbocycles. The zero-order valence-corrected chi connectivity index (χ0v) is 9.94. The molecule has 3 heteroatoms. The molecule has 1 unspecified atom stereocenters. The fraction of sp³-hybridized carbons (Fsp3) is 0.357. The minimum absolute atomic E-state index is 0.0306. The number of benzene rings is 1. The second kappa shape index (κ2) is 5.15. The number of aliphatic carboxylic acids is 1. The van der Waals surface area contributed by atoms with Gasteiger partial charge in [-0.25, -0.2) is 4.79 Å². The van der Waals surface area contributed by atoms with Crippen molar-refractivity contribution in [2.75, 3.05) is 7.05 Å². The van der Waals surface area contributed by atoms with Gasteiger partial charge in [0.05, 0.1) is 6.04 Å². The maximum Gasteiger partial charge on any atom is 0.328 e. The quantitative estimate of drug-likeness (QED) is 0.780. The van der Waals surface area contributed by atoms with Gasteiger partial charge in [-0.3, -0.25) is 0 Å². The third-order valence-electron chi connectivity index (χ3n) is 3.22. The molecule has 1 aromatic rings. The van der Waals surface area contributed by atoms with Gasteiger partial charge in [0.25, 0.3) is 0 Å². The molecule has 2 N–H and O–H groups in total. The SMILES string of the molecule is CNC(/C=C/C(=O)O)c1ccc2c(c1)CCC2. The Morgan fingerprint density at radius 3 is 2.88 bits per heavy atom. The van der Waals surface area contributed by atoms with Gasteiger partial charge in [0.15, 0.2) is 0 Å². The lowest BCUT2D eigenvalue weighted by atomic mass is 10.0. The van der Waals surface area contributed by atoms with Crippen molar-refractivity contribution in [3.63, 3.8) is 0 Å². The summed E-state index contributed by atoms with van der Waals surface area (Å²) in [6, 6.07) is 6.40. The molecule has 0 bridgehead atoms. The number of hydrogen-bond acceptors (Lipinski definition) is 2. The van der Waals surface area contributed by atoms with Gasteiger partial charge in [-0.15, -0.1) is 0 Å². The minimum Gasteiger partial charge on any atom is -0.478 e. The van der Waals surface area contributed by atoms with Crippen molar-refractivity contribution in [2.45, 2.75) is 25.3 Å². The molecule has 0 saturated carbocycles. The van der Waals surface area contributed by atoms with Crippen LogP contribution in [0, 0.1) is 0 Å². The average Bonchev–Trinajstić information content (AvgIpc) is 2.76. The third kappa shape index (κ3) is 2.74. The first kappa shape index (κ1) is 11.9. The van der Waals surface area contributed by atoms with Crippen molar-refractivity contribution in [2.24, 2.45) is 0 Å². The van der Waals surface area contributed by atoms with Gasteiger partial charge in [0, 0.05) is 6.08 Å². The maximum absolute atomic E-state index is 10.5. The largest absolute Gasteiger partial charge is 0.478 e. The second-order valence-electron chi connectivity index (χ2n) is 4.35. The van der Waals surface area contributed by atoms with Crippen molar-refractivity contribution in [1.29, 1.82) is 0 Å². The van der Waals surface area contributed by atoms with E-state index >= 15 is 0 Å². The van der Waals surface area contributed by atoms with Gasteiger partial charge >= 0.3 is 5.97 Å². The van der Waals surface area contributed by atoms with Crippen molar-refractivity contribution in [1.82, 2.24) is 5.32 Å². The number of carboxylic acid groups (broad SMARTS) is 1. The number of carbonyl (C=O) groups is 1. The van der Waals surface area contributed by atoms with E-state index in [9.17, 15) is 4.79 Å². The Balaban J connectivity index is 2.22. The monoisotopic (exact) mass is 231 g/mol. The molecule has 0 aromatic heterocycles. The Bertz CT molecular complexity index is 452. The zero-order valence-electron chi connectivity index (χ0n) is 9.94. The Hall–Kier alpha value is -1.61. The van der Waals surface area contributed by atoms with Crippen LogP contribution in [0.3, 0.4) is 0 Å². The molecular formula is C14H17NO2. The van der Waals surface area contributed by atoms with Crippen LogP contribution in [-0.2, 0) is 17.6 Å². The molecule has 0 spiro atoms. The molecule has 1 aliphatic rings. The molecule has 0 amide bonds. The van der Waals surface area contributed by atoms with Gasteiger partial charge in [-0.05, 0) is 43.0 Å². The van der Waals surface area contributed by atoms with Gasteiger partial charge in [-0.2, -0.15) is 0 Å². The van der Waals surface area contributed by atoms with Crippen LogP contribution in [0.5, 0.6) is 0 Å². The summed E-state index contributed by atoms with van der Waals surface area (Å²) in [4.78, 5) is 10.5. The summed E-state index contributed by atoms with van der Waals surface area (Å²) in [5, 5.41) is 11.8. The predicted molar refractivity (Wildman–Crippen MR) is 67.0 cm³/mol. The van der Waals surface area contributed by atoms with E-state index in [-0.39, 0.29) is 6.04 Å². The molecular weight excluding hydrogens is 214 g/mol. The smallest absolute Gasteiger partial charge is 0.328 e. The van der Waals surface area contributed by atoms with Gasteiger partial charge in [-0.1, -0.05) is 24.3 Å². The average molecular weight is 231 g/mol. The highest BCUT2D eigenvalue weighted by atomic mass is 16.4. The highest BCUT2D eigenvalue weighted by Gasteiger charge is 2.13. The van der Waals surface area contributed by atoms with E-state index in [4.69, 9.17) is 5.11 Å². The predicted octanol–water partition coefficient (Wildman–Crippen LogP) is 2.08. The van der Waals surface area contributed by atoms with Crippen LogP contribution in [0.15, 0.2) is 30.4 Å². The molecule has 0 fully saturated rings. The van der Waals surface area contributed by atoms with Crippen molar-refractivity contribution >= 4 is 5.97 Å². The van der Waals surface area contributed by atoms with Crippen molar-refractivity contribution in [3.05, 3.63) is 47.0 Å². The summed E-state index contributed by atoms with van der Waals surface area (Å²) in [5.41, 5.74) is 3.97. The zero-order chi connectivity index (χ0) is 12.3. The molecule has 0 aliphatic heterocycles. The Morgan fingerprint density at radius 2 is 2.18 bits per heavy atom. The number of carboxylic acids is 1. The van der Waals surface area contributed by atoms with Crippen LogP contribution in [-0.4, -0.2) is 18.1 Å². The summed E-state index contributed by atoms with van der Waals surface area (Å²) in [6.07, 6.45) is 6.41. The van der Waals surface area contributed by atoms with Crippen LogP contribution in [0.4, 0.5) is 0 Å². The molecule has 0 heterocycles. The van der Waals surface area contributed by atoms with E-state index in [2.05, 4.69) is 23.5 Å². The highest BCUT2D eigenvalue weighted by molar-refractivity contribution is 5.79. The van der Waals surface area contributed by atoms with Crippen LogP contribution in [0.25, 0.3) is 0 Å². The van der Waals surface area contributed by atoms with E-state index in [0.717, 1.165) is 12.0 Å². The normalized spacial score (nSPS) is 16.1. The van der Waals surface area contributed by atoms with E-state index in [1.54, 1.807) is 6.08 Å². The first-order chi connectivity index (χ1) is 8.20. The lowest BCUT2D eigenvalue weighted by Gasteiger charge is -2.13. The first-order valence-corrected chi connectivity index (χ1v) is 5.91. The second-order valence-corrected chi connectivity index (χ2v) is 4.35. The fourth-order valence-corrected chi connectivity index (χ4v) is 2.34. The Labute approximate surface area is 101 Å². The summed E-state index contributed by atoms with van der Waals surface area (Å²) >= 11 is 0. The van der Waals surface area contributed by atoms with E-state index in [0.29, 0.717) is 0 Å². The van der Waals surface area contributed by atoms with Crippen LogP contribution >= 0.6 is 0 Å². The van der Waals surface area contributed by atoms with E-state index in [1.165, 1.54) is 30.0 Å². The number of rotatable bonds is 4.